The average Bonchev–Trinajstić information content (AvgIpc) is 3.18. The Morgan fingerprint density at radius 2 is 1.94 bits per heavy atom. The minimum absolute atomic E-state index is 0. The fourth-order valence-corrected chi connectivity index (χ4v) is 4.77. The van der Waals surface area contributed by atoms with Crippen molar-refractivity contribution in [3.05, 3.63) is 66.6 Å². The van der Waals surface area contributed by atoms with E-state index in [1.807, 2.05) is 18.2 Å². The van der Waals surface area contributed by atoms with Crippen molar-refractivity contribution in [1.82, 2.24) is 20.2 Å². The number of rotatable bonds is 8. The summed E-state index contributed by atoms with van der Waals surface area (Å²) in [4.78, 5) is 4.23. The van der Waals surface area contributed by atoms with Crippen molar-refractivity contribution in [2.45, 2.75) is 30.4 Å². The van der Waals surface area contributed by atoms with E-state index < -0.39 is 21.7 Å². The van der Waals surface area contributed by atoms with Gasteiger partial charge in [-0.1, -0.05) is 23.4 Å². The molecule has 0 aliphatic rings. The first kappa shape index (κ1) is 24.1. The lowest BCUT2D eigenvalue weighted by Gasteiger charge is -2.23. The number of aromatic nitrogens is 2. The second-order valence-corrected chi connectivity index (χ2v) is 9.55. The van der Waals surface area contributed by atoms with Gasteiger partial charge in [-0.15, -0.1) is 12.4 Å². The predicted octanol–water partition coefficient (Wildman–Crippen LogP) is 2.96. The van der Waals surface area contributed by atoms with Crippen LogP contribution < -0.4 is 10.0 Å². The summed E-state index contributed by atoms with van der Waals surface area (Å²) in [5, 5.41) is 20.4. The Balaban J connectivity index is 0.00000289. The number of nitrogens with zero attached hydrogens (tertiary/aromatic N) is 2. The summed E-state index contributed by atoms with van der Waals surface area (Å²) in [6.45, 7) is 3.90. The maximum atomic E-state index is 12.8. The monoisotopic (exact) mass is 476 g/mol. The summed E-state index contributed by atoms with van der Waals surface area (Å²) in [5.74, 6) is 0. The number of hydrogen-bond donors (Lipinski definition) is 3. The molecule has 10 heteroatoms. The summed E-state index contributed by atoms with van der Waals surface area (Å²) in [5.41, 5.74) is -0.239. The number of fused-ring (bicyclic) bond motifs is 2. The van der Waals surface area contributed by atoms with Crippen LogP contribution in [0.3, 0.4) is 0 Å². The molecule has 0 radical (unpaired) electrons. The number of nitrogens with one attached hydrogen (secondary N) is 2. The zero-order valence-electron chi connectivity index (χ0n) is 17.6. The van der Waals surface area contributed by atoms with Crippen molar-refractivity contribution in [2.75, 3.05) is 13.1 Å². The molecule has 4 aromatic rings. The van der Waals surface area contributed by atoms with Crippen LogP contribution in [0.5, 0.6) is 0 Å². The number of halogens is 1. The molecule has 0 saturated heterocycles. The van der Waals surface area contributed by atoms with Crippen LogP contribution in [-0.4, -0.2) is 42.8 Å². The lowest BCUT2D eigenvalue weighted by atomic mass is 9.99. The van der Waals surface area contributed by atoms with Crippen LogP contribution in [0.2, 0.25) is 0 Å². The van der Waals surface area contributed by atoms with Gasteiger partial charge in [0.1, 0.15) is 11.3 Å². The molecule has 0 aliphatic carbocycles. The van der Waals surface area contributed by atoms with Crippen LogP contribution in [0.15, 0.2) is 70.3 Å². The van der Waals surface area contributed by atoms with Gasteiger partial charge in [0.2, 0.25) is 10.0 Å². The van der Waals surface area contributed by atoms with Gasteiger partial charge in [-0.25, -0.2) is 13.1 Å². The van der Waals surface area contributed by atoms with E-state index in [1.54, 1.807) is 56.6 Å². The summed E-state index contributed by atoms with van der Waals surface area (Å²) in [6.07, 6.45) is 3.32. The largest absolute Gasteiger partial charge is 0.382 e. The number of sulfonamides is 1. The first-order valence-electron chi connectivity index (χ1n) is 9.90. The van der Waals surface area contributed by atoms with E-state index in [0.29, 0.717) is 17.8 Å². The highest BCUT2D eigenvalue weighted by atomic mass is 35.5. The molecule has 4 rings (SSSR count). The Bertz CT molecular complexity index is 1320. The van der Waals surface area contributed by atoms with Crippen molar-refractivity contribution < 1.29 is 18.0 Å². The summed E-state index contributed by atoms with van der Waals surface area (Å²) in [6, 6.07) is 13.6. The quantitative estimate of drug-likeness (QED) is 0.358. The molecule has 0 fully saturated rings. The molecule has 0 saturated carbocycles. The third-order valence-corrected chi connectivity index (χ3v) is 6.67. The average molecular weight is 477 g/mol. The second-order valence-electron chi connectivity index (χ2n) is 7.84. The summed E-state index contributed by atoms with van der Waals surface area (Å²) in [7, 11) is -3.69. The van der Waals surface area contributed by atoms with E-state index in [4.69, 9.17) is 4.52 Å². The minimum atomic E-state index is -3.69. The molecule has 3 N–H and O–H groups in total. The summed E-state index contributed by atoms with van der Waals surface area (Å²) >= 11 is 0. The van der Waals surface area contributed by atoms with Crippen LogP contribution in [0, 0.1) is 0 Å². The maximum Gasteiger partial charge on any atom is 0.240 e. The van der Waals surface area contributed by atoms with Crippen molar-refractivity contribution in [3.63, 3.8) is 0 Å². The van der Waals surface area contributed by atoms with Gasteiger partial charge in [-0.3, -0.25) is 4.98 Å². The molecule has 1 unspecified atom stereocenters. The van der Waals surface area contributed by atoms with Crippen molar-refractivity contribution in [3.8, 4) is 0 Å². The molecule has 0 amide bonds. The number of hydrogen-bond acceptors (Lipinski definition) is 7. The van der Waals surface area contributed by atoms with Crippen LogP contribution in [-0.2, 0) is 15.6 Å². The van der Waals surface area contributed by atoms with E-state index in [9.17, 15) is 13.5 Å². The smallest absolute Gasteiger partial charge is 0.240 e. The van der Waals surface area contributed by atoms with Gasteiger partial charge in [0, 0.05) is 42.3 Å². The molecule has 0 aliphatic heterocycles. The molecular formula is C22H25ClN4O4S. The molecule has 2 atom stereocenters. The second kappa shape index (κ2) is 9.51. The van der Waals surface area contributed by atoms with Crippen molar-refractivity contribution in [1.29, 1.82) is 0 Å². The zero-order chi connectivity index (χ0) is 22.1. The molecular weight excluding hydrogens is 452 g/mol. The van der Waals surface area contributed by atoms with E-state index in [0.717, 1.165) is 16.2 Å². The number of aliphatic hydroxyl groups is 1. The predicted molar refractivity (Wildman–Crippen MR) is 125 cm³/mol. The first-order valence-corrected chi connectivity index (χ1v) is 11.4. The SMILES string of the molecule is C[C@H](CNCC(C)(O)c1noc2ccccc12)NS(=O)(=O)c1ccc2cnccc2c1.Cl. The van der Waals surface area contributed by atoms with Gasteiger partial charge in [0.15, 0.2) is 5.58 Å². The molecule has 2 heterocycles. The van der Waals surface area contributed by atoms with Crippen LogP contribution in [0.1, 0.15) is 19.5 Å². The molecule has 8 nitrogen and oxygen atoms in total. The van der Waals surface area contributed by atoms with Crippen LogP contribution >= 0.6 is 12.4 Å². The zero-order valence-corrected chi connectivity index (χ0v) is 19.3. The van der Waals surface area contributed by atoms with Gasteiger partial charge in [-0.05, 0) is 49.6 Å². The van der Waals surface area contributed by atoms with E-state index in [1.165, 1.54) is 0 Å². The number of pyridine rings is 1. The molecule has 32 heavy (non-hydrogen) atoms. The molecule has 2 aromatic heterocycles. The minimum Gasteiger partial charge on any atom is -0.382 e. The van der Waals surface area contributed by atoms with Gasteiger partial charge < -0.3 is 14.9 Å². The standard InChI is InChI=1S/C22H24N4O4S.ClH/c1-15(26-31(28,29)18-8-7-17-13-23-10-9-16(17)11-18)12-24-14-22(2,27)21-19-5-3-4-6-20(19)30-25-21;/h3-11,13,15,24,26-27H,12,14H2,1-2H3;1H/t15-,22?;/m1./s1. The molecule has 0 bridgehead atoms. The molecule has 170 valence electrons. The molecule has 2 aromatic carbocycles. The fourth-order valence-electron chi connectivity index (χ4n) is 3.49. The highest BCUT2D eigenvalue weighted by molar-refractivity contribution is 7.89. The summed E-state index contributed by atoms with van der Waals surface area (Å²) < 4.78 is 33.4. The highest BCUT2D eigenvalue weighted by Crippen LogP contribution is 2.27. The van der Waals surface area contributed by atoms with Gasteiger partial charge >= 0.3 is 0 Å². The number of para-hydroxylation sites is 1. The highest BCUT2D eigenvalue weighted by Gasteiger charge is 2.29. The van der Waals surface area contributed by atoms with Gasteiger partial charge in [-0.2, -0.15) is 0 Å². The third-order valence-electron chi connectivity index (χ3n) is 5.09. The number of benzene rings is 2. The van der Waals surface area contributed by atoms with Crippen molar-refractivity contribution >= 4 is 44.2 Å². The Morgan fingerprint density at radius 1 is 1.16 bits per heavy atom. The first-order chi connectivity index (χ1) is 14.8. The van der Waals surface area contributed by atoms with E-state index in [-0.39, 0.29) is 23.8 Å². The fraction of sp³-hybridized carbons (Fsp3) is 0.273. The molecule has 0 spiro atoms. The third kappa shape index (κ3) is 5.08. The Morgan fingerprint density at radius 3 is 2.75 bits per heavy atom. The van der Waals surface area contributed by atoms with E-state index in [2.05, 4.69) is 20.2 Å². The van der Waals surface area contributed by atoms with Crippen molar-refractivity contribution in [2.24, 2.45) is 0 Å². The maximum absolute atomic E-state index is 12.8. The Labute approximate surface area is 192 Å². The van der Waals surface area contributed by atoms with E-state index >= 15 is 0 Å². The van der Waals surface area contributed by atoms with Gasteiger partial charge in [0.05, 0.1) is 4.90 Å². The lowest BCUT2D eigenvalue weighted by Crippen LogP contribution is -2.44. The van der Waals surface area contributed by atoms with Crippen LogP contribution in [0.25, 0.3) is 21.7 Å². The normalized spacial score (nSPS) is 14.7. The van der Waals surface area contributed by atoms with Gasteiger partial charge in [0.25, 0.3) is 0 Å². The Kier molecular flexibility index (Phi) is 7.16. The lowest BCUT2D eigenvalue weighted by molar-refractivity contribution is 0.0504. The topological polar surface area (TPSA) is 117 Å². The Hall–Kier alpha value is -2.56. The van der Waals surface area contributed by atoms with Crippen LogP contribution in [0.4, 0.5) is 0 Å².